The number of methoxy groups -OCH3 is 1. The summed E-state index contributed by atoms with van der Waals surface area (Å²) in [4.78, 5) is 46.4. The lowest BCUT2D eigenvalue weighted by Crippen LogP contribution is -2.61. The number of hydrogen-bond donors (Lipinski definition) is 0. The molecule has 8 heteroatoms. The SMILES string of the molecule is COCCN1C[C@H]2CN(CC(=O)N3CCc4ccccc43)C(=O)N2[C@@H](CC(C)C)C1=O. The van der Waals surface area contributed by atoms with Crippen LogP contribution >= 0.6 is 0 Å². The second-order valence-electron chi connectivity index (χ2n) is 9.07. The molecule has 168 valence electrons. The number of carbonyl (C=O) groups excluding carboxylic acids is 3. The fraction of sp³-hybridized carbons (Fsp3) is 0.609. The summed E-state index contributed by atoms with van der Waals surface area (Å²) in [5, 5.41) is 0. The highest BCUT2D eigenvalue weighted by Crippen LogP contribution is 2.31. The molecular weight excluding hydrogens is 396 g/mol. The topological polar surface area (TPSA) is 73.4 Å². The van der Waals surface area contributed by atoms with Crippen molar-refractivity contribution in [3.05, 3.63) is 29.8 Å². The molecule has 31 heavy (non-hydrogen) atoms. The number of ether oxygens (including phenoxy) is 1. The molecule has 2 fully saturated rings. The van der Waals surface area contributed by atoms with Gasteiger partial charge in [0.05, 0.1) is 12.6 Å². The fourth-order valence-corrected chi connectivity index (χ4v) is 4.99. The highest BCUT2D eigenvalue weighted by molar-refractivity contribution is 5.99. The maximum absolute atomic E-state index is 13.3. The molecule has 8 nitrogen and oxygen atoms in total. The van der Waals surface area contributed by atoms with Crippen LogP contribution in [0.15, 0.2) is 24.3 Å². The first-order valence-electron chi connectivity index (χ1n) is 11.1. The third kappa shape index (κ3) is 4.13. The van der Waals surface area contributed by atoms with E-state index in [2.05, 4.69) is 13.8 Å². The van der Waals surface area contributed by atoms with E-state index in [9.17, 15) is 14.4 Å². The van der Waals surface area contributed by atoms with Gasteiger partial charge in [-0.1, -0.05) is 32.0 Å². The number of urea groups is 1. The van der Waals surface area contributed by atoms with Crippen LogP contribution in [0.2, 0.25) is 0 Å². The highest BCUT2D eigenvalue weighted by Gasteiger charge is 2.49. The molecule has 4 rings (SSSR count). The normalized spacial score (nSPS) is 23.1. The first-order valence-corrected chi connectivity index (χ1v) is 11.1. The van der Waals surface area contributed by atoms with Gasteiger partial charge in [0.25, 0.3) is 0 Å². The minimum Gasteiger partial charge on any atom is -0.383 e. The fourth-order valence-electron chi connectivity index (χ4n) is 4.99. The predicted octanol–water partition coefficient (Wildman–Crippen LogP) is 1.59. The van der Waals surface area contributed by atoms with Gasteiger partial charge in [0.2, 0.25) is 11.8 Å². The van der Waals surface area contributed by atoms with Gasteiger partial charge in [0, 0.05) is 39.0 Å². The van der Waals surface area contributed by atoms with E-state index in [0.29, 0.717) is 39.2 Å². The van der Waals surface area contributed by atoms with Crippen molar-refractivity contribution < 1.29 is 19.1 Å². The van der Waals surface area contributed by atoms with Gasteiger partial charge < -0.3 is 24.3 Å². The van der Waals surface area contributed by atoms with Crippen molar-refractivity contribution in [2.45, 2.75) is 38.8 Å². The largest absolute Gasteiger partial charge is 0.383 e. The van der Waals surface area contributed by atoms with Gasteiger partial charge in [-0.3, -0.25) is 9.59 Å². The second kappa shape index (κ2) is 8.86. The van der Waals surface area contributed by atoms with Crippen LogP contribution in [0.25, 0.3) is 0 Å². The number of para-hydroxylation sites is 1. The lowest BCUT2D eigenvalue weighted by atomic mass is 9.97. The van der Waals surface area contributed by atoms with E-state index in [4.69, 9.17) is 4.74 Å². The molecule has 1 aromatic carbocycles. The van der Waals surface area contributed by atoms with E-state index < -0.39 is 6.04 Å². The van der Waals surface area contributed by atoms with Crippen LogP contribution < -0.4 is 4.90 Å². The van der Waals surface area contributed by atoms with E-state index in [1.807, 2.05) is 29.2 Å². The summed E-state index contributed by atoms with van der Waals surface area (Å²) >= 11 is 0. The average molecular weight is 429 g/mol. The lowest BCUT2D eigenvalue weighted by molar-refractivity contribution is -0.143. The number of hydrogen-bond acceptors (Lipinski definition) is 4. The van der Waals surface area contributed by atoms with Crippen LogP contribution in [0.4, 0.5) is 10.5 Å². The quantitative estimate of drug-likeness (QED) is 0.661. The number of anilines is 1. The van der Waals surface area contributed by atoms with Gasteiger partial charge >= 0.3 is 6.03 Å². The molecule has 0 radical (unpaired) electrons. The Morgan fingerprint density at radius 1 is 1.16 bits per heavy atom. The number of benzene rings is 1. The Labute approximate surface area is 183 Å². The molecule has 0 unspecified atom stereocenters. The Kier molecular flexibility index (Phi) is 6.18. The molecule has 1 aromatic rings. The summed E-state index contributed by atoms with van der Waals surface area (Å²) in [6.45, 7) is 6.74. The molecule has 0 spiro atoms. The zero-order chi connectivity index (χ0) is 22.1. The van der Waals surface area contributed by atoms with Crippen LogP contribution in [0.5, 0.6) is 0 Å². The molecule has 0 aromatic heterocycles. The Hall–Kier alpha value is -2.61. The van der Waals surface area contributed by atoms with Crippen molar-refractivity contribution in [2.75, 3.05) is 51.3 Å². The summed E-state index contributed by atoms with van der Waals surface area (Å²) in [5.41, 5.74) is 2.10. The number of piperazine rings is 1. The molecule has 3 aliphatic rings. The van der Waals surface area contributed by atoms with E-state index in [1.54, 1.807) is 21.8 Å². The molecule has 0 saturated carbocycles. The monoisotopic (exact) mass is 428 g/mol. The third-order valence-electron chi connectivity index (χ3n) is 6.45. The van der Waals surface area contributed by atoms with E-state index in [0.717, 1.165) is 17.7 Å². The van der Waals surface area contributed by atoms with E-state index >= 15 is 0 Å². The molecule has 3 aliphatic heterocycles. The van der Waals surface area contributed by atoms with Crippen molar-refractivity contribution >= 4 is 23.5 Å². The molecule has 0 aliphatic carbocycles. The first-order chi connectivity index (χ1) is 14.9. The van der Waals surface area contributed by atoms with Gasteiger partial charge in [0.15, 0.2) is 0 Å². The highest BCUT2D eigenvalue weighted by atomic mass is 16.5. The predicted molar refractivity (Wildman–Crippen MR) is 117 cm³/mol. The Morgan fingerprint density at radius 2 is 1.90 bits per heavy atom. The molecule has 0 N–H and O–H groups in total. The molecule has 3 heterocycles. The molecule has 4 amide bonds. The van der Waals surface area contributed by atoms with Crippen molar-refractivity contribution in [3.63, 3.8) is 0 Å². The zero-order valence-corrected chi connectivity index (χ0v) is 18.6. The van der Waals surface area contributed by atoms with Gasteiger partial charge in [-0.15, -0.1) is 0 Å². The summed E-state index contributed by atoms with van der Waals surface area (Å²) in [7, 11) is 1.62. The molecule has 2 saturated heterocycles. The average Bonchev–Trinajstić information content (AvgIpc) is 3.30. The van der Waals surface area contributed by atoms with E-state index in [1.165, 1.54) is 0 Å². The van der Waals surface area contributed by atoms with Crippen molar-refractivity contribution in [1.82, 2.24) is 14.7 Å². The van der Waals surface area contributed by atoms with Crippen LogP contribution in [-0.2, 0) is 20.7 Å². The van der Waals surface area contributed by atoms with Crippen molar-refractivity contribution in [3.8, 4) is 0 Å². The van der Waals surface area contributed by atoms with Gasteiger partial charge in [-0.25, -0.2) is 4.79 Å². The first kappa shape index (κ1) is 21.6. The van der Waals surface area contributed by atoms with E-state index in [-0.39, 0.29) is 36.3 Å². The van der Waals surface area contributed by atoms with Crippen molar-refractivity contribution in [1.29, 1.82) is 0 Å². The Balaban J connectivity index is 1.49. The summed E-state index contributed by atoms with van der Waals surface area (Å²) in [6.07, 6.45) is 1.45. The molecule has 2 atom stereocenters. The van der Waals surface area contributed by atoms with Crippen LogP contribution in [0, 0.1) is 5.92 Å². The van der Waals surface area contributed by atoms with Gasteiger partial charge in [0.1, 0.15) is 12.6 Å². The second-order valence-corrected chi connectivity index (χ2v) is 9.07. The van der Waals surface area contributed by atoms with Crippen LogP contribution in [-0.4, -0.2) is 91.1 Å². The molecule has 0 bridgehead atoms. The van der Waals surface area contributed by atoms with Crippen LogP contribution in [0.3, 0.4) is 0 Å². The Bertz CT molecular complexity index is 858. The minimum atomic E-state index is -0.476. The standard InChI is InChI=1S/C23H32N4O4/c1-16(2)12-20-22(29)24(10-11-31-3)13-18-14-25(23(30)27(18)20)15-21(28)26-9-8-17-6-4-5-7-19(17)26/h4-7,16,18,20H,8-15H2,1-3H3/t18-,20-/m0/s1. The number of rotatable bonds is 7. The van der Waals surface area contributed by atoms with Crippen molar-refractivity contribution in [2.24, 2.45) is 5.92 Å². The smallest absolute Gasteiger partial charge is 0.321 e. The maximum atomic E-state index is 13.3. The number of nitrogens with zero attached hydrogens (tertiary/aromatic N) is 4. The van der Waals surface area contributed by atoms with Crippen LogP contribution in [0.1, 0.15) is 25.8 Å². The minimum absolute atomic E-state index is 0.0167. The lowest BCUT2D eigenvalue weighted by Gasteiger charge is -2.42. The summed E-state index contributed by atoms with van der Waals surface area (Å²) < 4.78 is 5.17. The zero-order valence-electron chi connectivity index (χ0n) is 18.6. The van der Waals surface area contributed by atoms with Gasteiger partial charge in [-0.2, -0.15) is 0 Å². The van der Waals surface area contributed by atoms with Gasteiger partial charge in [-0.05, 0) is 30.4 Å². The third-order valence-corrected chi connectivity index (χ3v) is 6.45. The summed E-state index contributed by atoms with van der Waals surface area (Å²) in [6, 6.07) is 7.15. The Morgan fingerprint density at radius 3 is 2.65 bits per heavy atom. The maximum Gasteiger partial charge on any atom is 0.321 e. The summed E-state index contributed by atoms with van der Waals surface area (Å²) in [5.74, 6) is 0.194. The number of fused-ring (bicyclic) bond motifs is 2. The number of carbonyl (C=O) groups is 3. The molecular formula is C23H32N4O4. The number of amides is 4.